The lowest BCUT2D eigenvalue weighted by Crippen LogP contribution is -2.36. The first-order valence-electron chi connectivity index (χ1n) is 10.0. The molecule has 3 heterocycles. The molecule has 0 amide bonds. The lowest BCUT2D eigenvalue weighted by atomic mass is 9.89. The summed E-state index contributed by atoms with van der Waals surface area (Å²) in [5.41, 5.74) is 1.40. The van der Waals surface area contributed by atoms with Crippen molar-refractivity contribution < 1.29 is 14.3 Å². The largest absolute Gasteiger partial charge is 0.465 e. The molecule has 2 aliphatic rings. The van der Waals surface area contributed by atoms with E-state index in [-0.39, 0.29) is 11.7 Å². The van der Waals surface area contributed by atoms with E-state index in [2.05, 4.69) is 11.8 Å². The second-order valence-electron chi connectivity index (χ2n) is 7.46. The summed E-state index contributed by atoms with van der Waals surface area (Å²) in [5.74, 6) is 1.66. The molecule has 2 aromatic rings. The molecule has 0 spiro atoms. The first kappa shape index (κ1) is 20.1. The Kier molecular flexibility index (Phi) is 6.50. The number of carbonyl (C=O) groups is 1. The van der Waals surface area contributed by atoms with Gasteiger partial charge in [-0.15, -0.1) is 11.3 Å². The number of aromatic nitrogens is 2. The third kappa shape index (κ3) is 4.50. The first-order chi connectivity index (χ1) is 13.6. The molecule has 8 heteroatoms. The number of fused-ring (bicyclic) bond motifs is 3. The van der Waals surface area contributed by atoms with Crippen LogP contribution in [0.5, 0.6) is 0 Å². The van der Waals surface area contributed by atoms with Crippen LogP contribution in [0.4, 0.5) is 0 Å². The number of nitrogens with zero attached hydrogens (tertiary/aromatic N) is 3. The van der Waals surface area contributed by atoms with Crippen molar-refractivity contribution in [1.82, 2.24) is 14.9 Å². The molecule has 4 rings (SSSR count). The number of morpholine rings is 1. The van der Waals surface area contributed by atoms with E-state index in [0.717, 1.165) is 67.3 Å². The van der Waals surface area contributed by atoms with Crippen LogP contribution >= 0.6 is 23.1 Å². The van der Waals surface area contributed by atoms with E-state index in [4.69, 9.17) is 19.4 Å². The van der Waals surface area contributed by atoms with Gasteiger partial charge in [-0.1, -0.05) is 18.7 Å². The van der Waals surface area contributed by atoms with Crippen molar-refractivity contribution in [3.63, 3.8) is 0 Å². The summed E-state index contributed by atoms with van der Waals surface area (Å²) >= 11 is 3.30. The van der Waals surface area contributed by atoms with Gasteiger partial charge >= 0.3 is 5.97 Å². The monoisotopic (exact) mass is 421 g/mol. The predicted octanol–water partition coefficient (Wildman–Crippen LogP) is 3.30. The maximum absolute atomic E-state index is 11.9. The lowest BCUT2D eigenvalue weighted by molar-refractivity contribution is -0.139. The van der Waals surface area contributed by atoms with Gasteiger partial charge in [0.1, 0.15) is 15.7 Å². The molecule has 0 saturated carbocycles. The second-order valence-corrected chi connectivity index (χ2v) is 9.51. The fourth-order valence-corrected chi connectivity index (χ4v) is 6.15. The van der Waals surface area contributed by atoms with E-state index in [0.29, 0.717) is 6.61 Å². The summed E-state index contributed by atoms with van der Waals surface area (Å²) in [7, 11) is 0. The van der Waals surface area contributed by atoms with Crippen molar-refractivity contribution in [3.8, 4) is 0 Å². The quantitative estimate of drug-likeness (QED) is 0.403. The summed E-state index contributed by atoms with van der Waals surface area (Å²) < 4.78 is 10.6. The molecule has 0 unspecified atom stereocenters. The Morgan fingerprint density at radius 3 is 2.96 bits per heavy atom. The normalized spacial score (nSPS) is 20.3. The molecule has 0 N–H and O–H groups in total. The first-order valence-corrected chi connectivity index (χ1v) is 11.8. The van der Waals surface area contributed by atoms with Crippen LogP contribution in [-0.4, -0.2) is 59.5 Å². The highest BCUT2D eigenvalue weighted by Gasteiger charge is 2.25. The van der Waals surface area contributed by atoms with Crippen molar-refractivity contribution in [1.29, 1.82) is 0 Å². The average Bonchev–Trinajstić information content (AvgIpc) is 3.04. The Labute approximate surface area is 174 Å². The zero-order valence-corrected chi connectivity index (χ0v) is 18.2. The molecule has 0 bridgehead atoms. The van der Waals surface area contributed by atoms with Crippen LogP contribution in [0, 0.1) is 5.92 Å². The molecule has 2 aromatic heterocycles. The Morgan fingerprint density at radius 1 is 1.36 bits per heavy atom. The fraction of sp³-hybridized carbons (Fsp3) is 0.650. The van der Waals surface area contributed by atoms with Crippen molar-refractivity contribution in [2.75, 3.05) is 38.7 Å². The van der Waals surface area contributed by atoms with Gasteiger partial charge in [0.05, 0.1) is 32.1 Å². The van der Waals surface area contributed by atoms with E-state index < -0.39 is 0 Å². The van der Waals surface area contributed by atoms with Crippen LogP contribution in [0.1, 0.15) is 36.5 Å². The van der Waals surface area contributed by atoms with Crippen molar-refractivity contribution >= 4 is 39.3 Å². The topological polar surface area (TPSA) is 64.5 Å². The Hall–Kier alpha value is -1.22. The number of rotatable bonds is 6. The zero-order valence-electron chi connectivity index (χ0n) is 16.5. The molecule has 1 aliphatic carbocycles. The minimum Gasteiger partial charge on any atom is -0.465 e. The second kappa shape index (κ2) is 9.07. The van der Waals surface area contributed by atoms with E-state index in [9.17, 15) is 4.79 Å². The van der Waals surface area contributed by atoms with E-state index >= 15 is 0 Å². The molecule has 1 fully saturated rings. The molecule has 6 nitrogen and oxygen atoms in total. The van der Waals surface area contributed by atoms with Crippen LogP contribution in [-0.2, 0) is 33.7 Å². The number of hydrogen-bond acceptors (Lipinski definition) is 8. The smallest absolute Gasteiger partial charge is 0.316 e. The van der Waals surface area contributed by atoms with Crippen LogP contribution < -0.4 is 0 Å². The summed E-state index contributed by atoms with van der Waals surface area (Å²) in [5, 5.41) is 2.11. The average molecular weight is 422 g/mol. The van der Waals surface area contributed by atoms with E-state index in [1.807, 2.05) is 18.3 Å². The minimum atomic E-state index is -0.188. The SMILES string of the molecule is CCOC(=O)CSc1nc(CN2CCOCC2)nc2sc3c(c12)CC[C@@H](C)C3. The zero-order chi connectivity index (χ0) is 19.5. The van der Waals surface area contributed by atoms with Gasteiger partial charge in [0.25, 0.3) is 0 Å². The van der Waals surface area contributed by atoms with Crippen LogP contribution in [0.3, 0.4) is 0 Å². The number of esters is 1. The van der Waals surface area contributed by atoms with Gasteiger partial charge in [0, 0.05) is 23.4 Å². The number of thioether (sulfide) groups is 1. The van der Waals surface area contributed by atoms with Crippen molar-refractivity contribution in [2.45, 2.75) is 44.7 Å². The van der Waals surface area contributed by atoms with E-state index in [1.165, 1.54) is 34.0 Å². The Morgan fingerprint density at radius 2 is 2.18 bits per heavy atom. The van der Waals surface area contributed by atoms with E-state index in [1.54, 1.807) is 0 Å². The third-order valence-corrected chi connectivity index (χ3v) is 7.37. The molecule has 0 aromatic carbocycles. The highest BCUT2D eigenvalue weighted by Crippen LogP contribution is 2.41. The number of ether oxygens (including phenoxy) is 2. The summed E-state index contributed by atoms with van der Waals surface area (Å²) in [6.45, 7) is 8.63. The molecular weight excluding hydrogens is 394 g/mol. The molecule has 1 atom stereocenters. The van der Waals surface area contributed by atoms with Gasteiger partial charge in [0.15, 0.2) is 0 Å². The highest BCUT2D eigenvalue weighted by atomic mass is 32.2. The summed E-state index contributed by atoms with van der Waals surface area (Å²) in [6, 6.07) is 0. The molecule has 0 radical (unpaired) electrons. The fourth-order valence-electron chi connectivity index (χ4n) is 3.82. The predicted molar refractivity (Wildman–Crippen MR) is 112 cm³/mol. The Bertz CT molecular complexity index is 849. The van der Waals surface area contributed by atoms with Gasteiger partial charge in [-0.05, 0) is 37.7 Å². The van der Waals surface area contributed by atoms with Gasteiger partial charge in [-0.25, -0.2) is 9.97 Å². The van der Waals surface area contributed by atoms with Crippen molar-refractivity contribution in [2.24, 2.45) is 5.92 Å². The van der Waals surface area contributed by atoms with Gasteiger partial charge in [-0.3, -0.25) is 9.69 Å². The van der Waals surface area contributed by atoms with Crippen molar-refractivity contribution in [3.05, 3.63) is 16.3 Å². The molecule has 152 valence electrons. The molecule has 1 aliphatic heterocycles. The summed E-state index contributed by atoms with van der Waals surface area (Å²) in [4.78, 5) is 26.6. The highest BCUT2D eigenvalue weighted by molar-refractivity contribution is 8.00. The molecule has 28 heavy (non-hydrogen) atoms. The number of thiophene rings is 1. The summed E-state index contributed by atoms with van der Waals surface area (Å²) in [6.07, 6.45) is 3.41. The number of hydrogen-bond donors (Lipinski definition) is 0. The number of carbonyl (C=O) groups excluding carboxylic acids is 1. The van der Waals surface area contributed by atoms with Crippen LogP contribution in [0.15, 0.2) is 5.03 Å². The minimum absolute atomic E-state index is 0.188. The van der Waals surface area contributed by atoms with Gasteiger partial charge < -0.3 is 9.47 Å². The molecular formula is C20H27N3O3S2. The van der Waals surface area contributed by atoms with Gasteiger partial charge in [0.2, 0.25) is 0 Å². The third-order valence-electron chi connectivity index (χ3n) is 5.27. The maximum atomic E-state index is 11.9. The molecule has 1 saturated heterocycles. The maximum Gasteiger partial charge on any atom is 0.316 e. The number of aryl methyl sites for hydroxylation is 1. The van der Waals surface area contributed by atoms with Gasteiger partial charge in [-0.2, -0.15) is 0 Å². The van der Waals surface area contributed by atoms with Crippen LogP contribution in [0.25, 0.3) is 10.2 Å². The standard InChI is InChI=1S/C20H27N3O3S2/c1-3-26-17(24)12-27-19-18-14-5-4-13(2)10-15(14)28-20(18)22-16(21-19)11-23-6-8-25-9-7-23/h13H,3-12H2,1-2H3/t13-/m1/s1. The van der Waals surface area contributed by atoms with Crippen LogP contribution in [0.2, 0.25) is 0 Å². The lowest BCUT2D eigenvalue weighted by Gasteiger charge is -2.25. The Balaban J connectivity index is 1.66.